The Morgan fingerprint density at radius 1 is 1.32 bits per heavy atom. The molecule has 2 aromatic rings. The second kappa shape index (κ2) is 4.17. The highest BCUT2D eigenvalue weighted by molar-refractivity contribution is 5.63. The van der Waals surface area contributed by atoms with Crippen molar-refractivity contribution in [2.24, 2.45) is 0 Å². The zero-order chi connectivity index (χ0) is 12.8. The highest BCUT2D eigenvalue weighted by atomic mass is 16.5. The number of fused-ring (bicyclic) bond motifs is 3. The van der Waals surface area contributed by atoms with E-state index < -0.39 is 0 Å². The van der Waals surface area contributed by atoms with Crippen molar-refractivity contribution >= 4 is 0 Å². The maximum atomic E-state index is 5.76. The largest absolute Gasteiger partial charge is 0.376 e. The van der Waals surface area contributed by atoms with Gasteiger partial charge in [-0.1, -0.05) is 36.4 Å². The first-order valence-electron chi connectivity index (χ1n) is 7.01. The number of aromatic nitrogens is 3. The van der Waals surface area contributed by atoms with Crippen molar-refractivity contribution in [3.63, 3.8) is 0 Å². The predicted octanol–water partition coefficient (Wildman–Crippen LogP) is 2.39. The molecule has 98 valence electrons. The van der Waals surface area contributed by atoms with E-state index in [2.05, 4.69) is 41.5 Å². The van der Waals surface area contributed by atoms with Gasteiger partial charge in [-0.2, -0.15) is 0 Å². The van der Waals surface area contributed by atoms with Gasteiger partial charge in [0.15, 0.2) is 0 Å². The second-order valence-corrected chi connectivity index (χ2v) is 5.36. The van der Waals surface area contributed by atoms with Gasteiger partial charge in [0.2, 0.25) is 0 Å². The molecule has 1 saturated heterocycles. The van der Waals surface area contributed by atoms with E-state index in [4.69, 9.17) is 4.74 Å². The number of hydrogen-bond acceptors (Lipinski definition) is 3. The molecule has 1 fully saturated rings. The maximum Gasteiger partial charge on any atom is 0.116 e. The Kier molecular flexibility index (Phi) is 2.45. The molecule has 1 aromatic heterocycles. The van der Waals surface area contributed by atoms with Crippen LogP contribution in [0.25, 0.3) is 11.3 Å². The van der Waals surface area contributed by atoms with Crippen molar-refractivity contribution in [3.8, 4) is 11.3 Å². The van der Waals surface area contributed by atoms with Gasteiger partial charge >= 0.3 is 0 Å². The molecule has 2 aliphatic heterocycles. The minimum absolute atomic E-state index is 0.319. The molecule has 0 aliphatic carbocycles. The average molecular weight is 255 g/mol. The van der Waals surface area contributed by atoms with E-state index >= 15 is 0 Å². The SMILES string of the molecule is CCc1ccc(-c2nnn3c2C2CCOC2C3)cc1. The molecule has 2 aliphatic rings. The smallest absolute Gasteiger partial charge is 0.116 e. The first-order valence-corrected chi connectivity index (χ1v) is 7.01. The van der Waals surface area contributed by atoms with Crippen molar-refractivity contribution in [1.82, 2.24) is 15.0 Å². The minimum Gasteiger partial charge on any atom is -0.376 e. The number of aryl methyl sites for hydroxylation is 1. The molecule has 4 heteroatoms. The van der Waals surface area contributed by atoms with Crippen LogP contribution in [0.4, 0.5) is 0 Å². The lowest BCUT2D eigenvalue weighted by atomic mass is 9.96. The van der Waals surface area contributed by atoms with Crippen molar-refractivity contribution in [3.05, 3.63) is 35.5 Å². The van der Waals surface area contributed by atoms with Crippen LogP contribution in [0.15, 0.2) is 24.3 Å². The summed E-state index contributed by atoms with van der Waals surface area (Å²) < 4.78 is 7.78. The molecule has 3 heterocycles. The van der Waals surface area contributed by atoms with Crippen LogP contribution in [0.3, 0.4) is 0 Å². The second-order valence-electron chi connectivity index (χ2n) is 5.36. The maximum absolute atomic E-state index is 5.76. The molecule has 2 unspecified atom stereocenters. The van der Waals surface area contributed by atoms with Gasteiger partial charge in [-0.05, 0) is 18.4 Å². The van der Waals surface area contributed by atoms with Crippen LogP contribution in [0, 0.1) is 0 Å². The number of rotatable bonds is 2. The fourth-order valence-corrected chi connectivity index (χ4v) is 3.24. The van der Waals surface area contributed by atoms with E-state index in [0.29, 0.717) is 12.0 Å². The summed E-state index contributed by atoms with van der Waals surface area (Å²) in [5, 5.41) is 8.67. The molecule has 1 aromatic carbocycles. The fraction of sp³-hybridized carbons (Fsp3) is 0.467. The van der Waals surface area contributed by atoms with Gasteiger partial charge in [-0.3, -0.25) is 0 Å². The highest BCUT2D eigenvalue weighted by Crippen LogP contribution is 2.41. The van der Waals surface area contributed by atoms with Crippen molar-refractivity contribution in [2.45, 2.75) is 38.3 Å². The monoisotopic (exact) mass is 255 g/mol. The van der Waals surface area contributed by atoms with E-state index in [9.17, 15) is 0 Å². The summed E-state index contributed by atoms with van der Waals surface area (Å²) in [6.07, 6.45) is 2.48. The average Bonchev–Trinajstić information content (AvgIpc) is 3.10. The first kappa shape index (κ1) is 11.2. The van der Waals surface area contributed by atoms with Crippen LogP contribution < -0.4 is 0 Å². The Morgan fingerprint density at radius 3 is 2.95 bits per heavy atom. The molecule has 0 bridgehead atoms. The Morgan fingerprint density at radius 2 is 2.16 bits per heavy atom. The Hall–Kier alpha value is -1.68. The molecule has 0 N–H and O–H groups in total. The van der Waals surface area contributed by atoms with Crippen LogP contribution in [0.5, 0.6) is 0 Å². The summed E-state index contributed by atoms with van der Waals surface area (Å²) in [5.41, 5.74) is 4.84. The molecule has 2 atom stereocenters. The van der Waals surface area contributed by atoms with Crippen LogP contribution in [-0.4, -0.2) is 27.7 Å². The molecule has 0 spiro atoms. The summed E-state index contributed by atoms with van der Waals surface area (Å²) in [7, 11) is 0. The van der Waals surface area contributed by atoms with Crippen molar-refractivity contribution in [2.75, 3.05) is 6.61 Å². The molecule has 0 amide bonds. The third-order valence-corrected chi connectivity index (χ3v) is 4.32. The van der Waals surface area contributed by atoms with E-state index in [1.807, 2.05) is 4.68 Å². The topological polar surface area (TPSA) is 39.9 Å². The Balaban J connectivity index is 1.76. The lowest BCUT2D eigenvalue weighted by Gasteiger charge is -2.08. The molecule has 4 nitrogen and oxygen atoms in total. The summed E-state index contributed by atoms with van der Waals surface area (Å²) in [6, 6.07) is 8.68. The van der Waals surface area contributed by atoms with Crippen molar-refractivity contribution in [1.29, 1.82) is 0 Å². The lowest BCUT2D eigenvalue weighted by Crippen LogP contribution is -2.11. The lowest BCUT2D eigenvalue weighted by molar-refractivity contribution is 0.0993. The molecular weight excluding hydrogens is 238 g/mol. The van der Waals surface area contributed by atoms with E-state index in [1.54, 1.807) is 0 Å². The van der Waals surface area contributed by atoms with Gasteiger partial charge in [-0.25, -0.2) is 4.68 Å². The number of benzene rings is 1. The number of hydrogen-bond donors (Lipinski definition) is 0. The van der Waals surface area contributed by atoms with Crippen LogP contribution in [0.2, 0.25) is 0 Å². The van der Waals surface area contributed by atoms with Gasteiger partial charge in [0.05, 0.1) is 18.3 Å². The predicted molar refractivity (Wildman–Crippen MR) is 71.9 cm³/mol. The Bertz CT molecular complexity index is 602. The minimum atomic E-state index is 0.319. The third-order valence-electron chi connectivity index (χ3n) is 4.32. The summed E-state index contributed by atoms with van der Waals surface area (Å²) in [4.78, 5) is 0. The number of nitrogens with zero attached hydrogens (tertiary/aromatic N) is 3. The van der Waals surface area contributed by atoms with Crippen LogP contribution >= 0.6 is 0 Å². The summed E-state index contributed by atoms with van der Waals surface area (Å²) in [5.74, 6) is 0.482. The molecular formula is C15H17N3O. The molecule has 0 saturated carbocycles. The number of ether oxygens (including phenoxy) is 1. The molecule has 19 heavy (non-hydrogen) atoms. The van der Waals surface area contributed by atoms with Gasteiger partial charge in [0.25, 0.3) is 0 Å². The van der Waals surface area contributed by atoms with E-state index in [1.165, 1.54) is 16.8 Å². The standard InChI is InChI=1S/C15H17N3O/c1-2-10-3-5-11(6-4-10)14-15-12-7-8-19-13(12)9-18(15)17-16-14/h3-6,12-13H,2,7-9H2,1H3. The molecule has 0 radical (unpaired) electrons. The van der Waals surface area contributed by atoms with Crippen molar-refractivity contribution < 1.29 is 4.74 Å². The van der Waals surface area contributed by atoms with E-state index in [0.717, 1.165) is 31.7 Å². The summed E-state index contributed by atoms with van der Waals surface area (Å²) >= 11 is 0. The first-order chi connectivity index (χ1) is 9.36. The molecule has 4 rings (SSSR count). The van der Waals surface area contributed by atoms with E-state index in [-0.39, 0.29) is 0 Å². The highest BCUT2D eigenvalue weighted by Gasteiger charge is 2.41. The Labute approximate surface area is 112 Å². The van der Waals surface area contributed by atoms with Gasteiger partial charge in [0.1, 0.15) is 5.69 Å². The quantitative estimate of drug-likeness (QED) is 0.827. The zero-order valence-corrected chi connectivity index (χ0v) is 11.0. The summed E-state index contributed by atoms with van der Waals surface area (Å²) in [6.45, 7) is 3.90. The van der Waals surface area contributed by atoms with Gasteiger partial charge < -0.3 is 4.74 Å². The van der Waals surface area contributed by atoms with Crippen LogP contribution in [-0.2, 0) is 17.7 Å². The van der Waals surface area contributed by atoms with Crippen LogP contribution in [0.1, 0.15) is 30.5 Å². The fourth-order valence-electron chi connectivity index (χ4n) is 3.24. The zero-order valence-electron chi connectivity index (χ0n) is 11.0. The van der Waals surface area contributed by atoms with Gasteiger partial charge in [-0.15, -0.1) is 5.10 Å². The normalized spacial score (nSPS) is 24.5. The van der Waals surface area contributed by atoms with Gasteiger partial charge in [0, 0.05) is 18.1 Å². The third kappa shape index (κ3) is 1.63.